The molecule has 0 aromatic heterocycles. The first-order valence-electron chi connectivity index (χ1n) is 11.4. The molecular weight excluding hydrogens is 429 g/mol. The average molecular weight is 456 g/mol. The summed E-state index contributed by atoms with van der Waals surface area (Å²) in [4.78, 5) is 32.7. The Balaban J connectivity index is 1.49. The Morgan fingerprint density at radius 1 is 0.676 bits per heavy atom. The van der Waals surface area contributed by atoms with E-state index in [9.17, 15) is 14.0 Å². The van der Waals surface area contributed by atoms with Gasteiger partial charge in [0.15, 0.2) is 0 Å². The van der Waals surface area contributed by atoms with Gasteiger partial charge < -0.3 is 9.80 Å². The third-order valence-corrected chi connectivity index (χ3v) is 6.45. The van der Waals surface area contributed by atoms with Gasteiger partial charge in [0.25, 0.3) is 11.8 Å². The summed E-state index contributed by atoms with van der Waals surface area (Å²) in [6.45, 7) is 6.78. The lowest BCUT2D eigenvalue weighted by molar-refractivity contribution is -0.120. The molecule has 34 heavy (non-hydrogen) atoms. The molecule has 2 aliphatic rings. The van der Waals surface area contributed by atoms with E-state index in [4.69, 9.17) is 0 Å². The normalized spacial score (nSPS) is 16.6. The standard InChI is InChI=1S/C28H26FN3O2/c1-19-6-8-21(9-7-19)25-26(28(34)32(27(25)33)23-12-10-22(29)11-13-23)31-16-14-30(15-17-31)24-5-3-4-20(2)18-24/h3-13,18H,14-17H2,1-2H3. The minimum absolute atomic E-state index is 0.365. The van der Waals surface area contributed by atoms with Crippen LogP contribution >= 0.6 is 0 Å². The van der Waals surface area contributed by atoms with Gasteiger partial charge in [-0.15, -0.1) is 0 Å². The number of anilines is 2. The number of benzene rings is 3. The van der Waals surface area contributed by atoms with E-state index in [0.29, 0.717) is 35.6 Å². The van der Waals surface area contributed by atoms with Crippen LogP contribution in [0.15, 0.2) is 78.5 Å². The first-order chi connectivity index (χ1) is 16.4. The molecule has 0 bridgehead atoms. The van der Waals surface area contributed by atoms with Crippen molar-refractivity contribution in [3.05, 3.63) is 101 Å². The minimum Gasteiger partial charge on any atom is -0.368 e. The fourth-order valence-corrected chi connectivity index (χ4v) is 4.63. The summed E-state index contributed by atoms with van der Waals surface area (Å²) in [7, 11) is 0. The van der Waals surface area contributed by atoms with E-state index in [2.05, 4.69) is 36.1 Å². The zero-order valence-corrected chi connectivity index (χ0v) is 19.3. The quantitative estimate of drug-likeness (QED) is 0.542. The van der Waals surface area contributed by atoms with Crippen LogP contribution in [-0.2, 0) is 9.59 Å². The van der Waals surface area contributed by atoms with Gasteiger partial charge in [0, 0.05) is 31.9 Å². The Hall–Kier alpha value is -3.93. The number of hydrogen-bond acceptors (Lipinski definition) is 4. The number of nitrogens with zero attached hydrogens (tertiary/aromatic N) is 3. The lowest BCUT2D eigenvalue weighted by Crippen LogP contribution is -2.47. The predicted octanol–water partition coefficient (Wildman–Crippen LogP) is 4.55. The van der Waals surface area contributed by atoms with Gasteiger partial charge in [0.05, 0.1) is 11.3 Å². The van der Waals surface area contributed by atoms with Gasteiger partial charge in [0.1, 0.15) is 11.5 Å². The third kappa shape index (κ3) is 3.96. The SMILES string of the molecule is Cc1ccc(C2=C(N3CCN(c4cccc(C)c4)CC3)C(=O)N(c3ccc(F)cc3)C2=O)cc1. The van der Waals surface area contributed by atoms with Gasteiger partial charge in [-0.25, -0.2) is 9.29 Å². The van der Waals surface area contributed by atoms with Gasteiger partial charge in [0.2, 0.25) is 0 Å². The van der Waals surface area contributed by atoms with Gasteiger partial charge in [-0.05, 0) is 61.4 Å². The van der Waals surface area contributed by atoms with Crippen LogP contribution in [-0.4, -0.2) is 42.9 Å². The molecule has 0 N–H and O–H groups in total. The van der Waals surface area contributed by atoms with Crippen LogP contribution < -0.4 is 9.80 Å². The summed E-state index contributed by atoms with van der Waals surface area (Å²) in [5.41, 5.74) is 5.34. The molecule has 1 saturated heterocycles. The number of rotatable bonds is 4. The van der Waals surface area contributed by atoms with Crippen LogP contribution in [0.3, 0.4) is 0 Å². The number of aryl methyl sites for hydroxylation is 2. The molecule has 0 spiro atoms. The molecule has 1 fully saturated rings. The highest BCUT2D eigenvalue weighted by Crippen LogP contribution is 2.35. The summed E-state index contributed by atoms with van der Waals surface area (Å²) in [5.74, 6) is -1.16. The van der Waals surface area contributed by atoms with Gasteiger partial charge in [-0.2, -0.15) is 0 Å². The Kier molecular flexibility index (Phi) is 5.65. The monoisotopic (exact) mass is 455 g/mol. The lowest BCUT2D eigenvalue weighted by Gasteiger charge is -2.37. The molecule has 2 heterocycles. The molecule has 5 nitrogen and oxygen atoms in total. The van der Waals surface area contributed by atoms with Crippen molar-refractivity contribution >= 4 is 28.8 Å². The Labute approximate surface area is 198 Å². The third-order valence-electron chi connectivity index (χ3n) is 6.45. The molecule has 3 aromatic rings. The van der Waals surface area contributed by atoms with Crippen molar-refractivity contribution in [2.24, 2.45) is 0 Å². The van der Waals surface area contributed by atoms with Crippen LogP contribution in [0.1, 0.15) is 16.7 Å². The van der Waals surface area contributed by atoms with Crippen LogP contribution in [0, 0.1) is 19.7 Å². The van der Waals surface area contributed by atoms with Gasteiger partial charge in [-0.3, -0.25) is 9.59 Å². The van der Waals surface area contributed by atoms with Crippen molar-refractivity contribution in [2.75, 3.05) is 36.0 Å². The van der Waals surface area contributed by atoms with Crippen LogP contribution in [0.2, 0.25) is 0 Å². The second-order valence-electron chi connectivity index (χ2n) is 8.82. The van der Waals surface area contributed by atoms with Crippen molar-refractivity contribution in [3.63, 3.8) is 0 Å². The number of hydrogen-bond donors (Lipinski definition) is 0. The van der Waals surface area contributed by atoms with E-state index in [1.165, 1.54) is 29.8 Å². The first-order valence-corrected chi connectivity index (χ1v) is 11.4. The number of amides is 2. The molecule has 172 valence electrons. The van der Waals surface area contributed by atoms with Gasteiger partial charge in [-0.1, -0.05) is 42.0 Å². The average Bonchev–Trinajstić information content (AvgIpc) is 3.10. The Morgan fingerprint density at radius 2 is 1.32 bits per heavy atom. The Morgan fingerprint density at radius 3 is 1.97 bits per heavy atom. The minimum atomic E-state index is -0.415. The van der Waals surface area contributed by atoms with Crippen LogP contribution in [0.5, 0.6) is 0 Å². The number of imide groups is 1. The van der Waals surface area contributed by atoms with Crippen molar-refractivity contribution in [1.29, 1.82) is 0 Å². The zero-order chi connectivity index (χ0) is 23.8. The smallest absolute Gasteiger partial charge is 0.282 e. The Bertz CT molecular complexity index is 1270. The summed E-state index contributed by atoms with van der Waals surface area (Å²) in [5, 5.41) is 0. The molecule has 2 amide bonds. The molecule has 6 heteroatoms. The molecule has 0 radical (unpaired) electrons. The summed E-state index contributed by atoms with van der Waals surface area (Å²) in [6.07, 6.45) is 0. The maximum Gasteiger partial charge on any atom is 0.282 e. The molecule has 0 saturated carbocycles. The highest BCUT2D eigenvalue weighted by Gasteiger charge is 2.43. The molecule has 0 aliphatic carbocycles. The van der Waals surface area contributed by atoms with E-state index < -0.39 is 5.82 Å². The van der Waals surface area contributed by atoms with Crippen LogP contribution in [0.4, 0.5) is 15.8 Å². The zero-order valence-electron chi connectivity index (χ0n) is 19.3. The topological polar surface area (TPSA) is 43.9 Å². The lowest BCUT2D eigenvalue weighted by atomic mass is 10.0. The van der Waals surface area contributed by atoms with Crippen molar-refractivity contribution in [1.82, 2.24) is 4.90 Å². The second kappa shape index (κ2) is 8.78. The molecular formula is C28H26FN3O2. The number of piperazine rings is 1. The fraction of sp³-hybridized carbons (Fsp3) is 0.214. The number of carbonyl (C=O) groups is 2. The highest BCUT2D eigenvalue weighted by molar-refractivity contribution is 6.45. The maximum absolute atomic E-state index is 13.6. The molecule has 0 unspecified atom stereocenters. The summed E-state index contributed by atoms with van der Waals surface area (Å²) >= 11 is 0. The van der Waals surface area contributed by atoms with E-state index in [0.717, 1.165) is 29.2 Å². The van der Waals surface area contributed by atoms with Crippen molar-refractivity contribution < 1.29 is 14.0 Å². The summed E-state index contributed by atoms with van der Waals surface area (Å²) < 4.78 is 13.5. The van der Waals surface area contributed by atoms with Crippen molar-refractivity contribution in [3.8, 4) is 0 Å². The van der Waals surface area contributed by atoms with E-state index in [-0.39, 0.29) is 11.8 Å². The largest absolute Gasteiger partial charge is 0.368 e. The molecule has 0 atom stereocenters. The van der Waals surface area contributed by atoms with E-state index in [1.54, 1.807) is 0 Å². The van der Waals surface area contributed by atoms with E-state index >= 15 is 0 Å². The molecule has 5 rings (SSSR count). The summed E-state index contributed by atoms with van der Waals surface area (Å²) in [6, 6.07) is 21.5. The molecule has 2 aliphatic heterocycles. The highest BCUT2D eigenvalue weighted by atomic mass is 19.1. The second-order valence-corrected chi connectivity index (χ2v) is 8.82. The number of halogens is 1. The fourth-order valence-electron chi connectivity index (χ4n) is 4.63. The van der Waals surface area contributed by atoms with Gasteiger partial charge >= 0.3 is 0 Å². The van der Waals surface area contributed by atoms with Crippen molar-refractivity contribution in [2.45, 2.75) is 13.8 Å². The van der Waals surface area contributed by atoms with Crippen LogP contribution in [0.25, 0.3) is 5.57 Å². The predicted molar refractivity (Wildman–Crippen MR) is 132 cm³/mol. The first kappa shape index (κ1) is 21.9. The number of carbonyl (C=O) groups excluding carboxylic acids is 2. The van der Waals surface area contributed by atoms with E-state index in [1.807, 2.05) is 36.1 Å². The maximum atomic E-state index is 13.6. The molecule has 3 aromatic carbocycles.